The van der Waals surface area contributed by atoms with Crippen molar-refractivity contribution in [2.24, 2.45) is 5.73 Å². The Labute approximate surface area is 167 Å². The van der Waals surface area contributed by atoms with Gasteiger partial charge in [0.1, 0.15) is 0 Å². The fraction of sp³-hybridized carbons (Fsp3) is 0.190. The summed E-state index contributed by atoms with van der Waals surface area (Å²) in [6.45, 7) is 4.34. The van der Waals surface area contributed by atoms with Crippen molar-refractivity contribution in [2.75, 3.05) is 5.32 Å². The van der Waals surface area contributed by atoms with Crippen LogP contribution in [0.4, 0.5) is 9.93 Å². The predicted molar refractivity (Wildman–Crippen MR) is 112 cm³/mol. The lowest BCUT2D eigenvalue weighted by atomic mass is 10.1. The van der Waals surface area contributed by atoms with Crippen molar-refractivity contribution in [3.63, 3.8) is 0 Å². The number of aryl methyl sites for hydroxylation is 2. The number of thiazole rings is 1. The van der Waals surface area contributed by atoms with Gasteiger partial charge in [-0.2, -0.15) is 0 Å². The lowest BCUT2D eigenvalue weighted by Crippen LogP contribution is -2.28. The Morgan fingerprint density at radius 3 is 2.29 bits per heavy atom. The molecule has 0 aliphatic carbocycles. The molecule has 0 aliphatic heterocycles. The Morgan fingerprint density at radius 2 is 1.64 bits per heavy atom. The second-order valence-corrected chi connectivity index (χ2v) is 7.64. The van der Waals surface area contributed by atoms with E-state index in [1.165, 1.54) is 22.5 Å². The van der Waals surface area contributed by atoms with Gasteiger partial charge in [-0.3, -0.25) is 10.1 Å². The summed E-state index contributed by atoms with van der Waals surface area (Å²) >= 11 is 1.49. The molecule has 3 amide bonds. The lowest BCUT2D eigenvalue weighted by Gasteiger charge is -2.05. The first-order valence-corrected chi connectivity index (χ1v) is 9.68. The normalized spacial score (nSPS) is 10.5. The number of amides is 3. The number of anilines is 1. The van der Waals surface area contributed by atoms with Crippen LogP contribution in [0.15, 0.2) is 48.5 Å². The molecule has 0 radical (unpaired) electrons. The van der Waals surface area contributed by atoms with Crippen LogP contribution in [0.1, 0.15) is 37.6 Å². The van der Waals surface area contributed by atoms with Crippen LogP contribution in [0.3, 0.4) is 0 Å². The molecule has 0 saturated carbocycles. The van der Waals surface area contributed by atoms with Crippen LogP contribution in [-0.2, 0) is 13.0 Å². The molecule has 28 heavy (non-hydrogen) atoms. The van der Waals surface area contributed by atoms with Crippen molar-refractivity contribution in [1.29, 1.82) is 0 Å². The molecule has 144 valence electrons. The summed E-state index contributed by atoms with van der Waals surface area (Å²) in [5.74, 6) is -0.218. The van der Waals surface area contributed by atoms with Gasteiger partial charge in [-0.1, -0.05) is 42.0 Å². The summed E-state index contributed by atoms with van der Waals surface area (Å²) in [4.78, 5) is 28.8. The topological polar surface area (TPSA) is 97.1 Å². The largest absolute Gasteiger partial charge is 0.352 e. The minimum absolute atomic E-state index is 0.218. The first-order valence-electron chi connectivity index (χ1n) is 8.86. The molecular weight excluding hydrogens is 372 g/mol. The van der Waals surface area contributed by atoms with Gasteiger partial charge >= 0.3 is 6.03 Å². The van der Waals surface area contributed by atoms with Gasteiger partial charge in [0.2, 0.25) is 0 Å². The third-order valence-corrected chi connectivity index (χ3v) is 5.35. The van der Waals surface area contributed by atoms with E-state index in [9.17, 15) is 9.59 Å². The SMILES string of the molecule is Cc1ccc(Cc2sc(NC(=O)c3ccc(CNC(N)=O)cc3)nc2C)cc1. The molecule has 7 heteroatoms. The molecule has 0 atom stereocenters. The summed E-state index contributed by atoms with van der Waals surface area (Å²) in [5, 5.41) is 5.96. The summed E-state index contributed by atoms with van der Waals surface area (Å²) in [6, 6.07) is 14.8. The number of urea groups is 1. The molecule has 3 rings (SSSR count). The molecule has 0 bridgehead atoms. The van der Waals surface area contributed by atoms with E-state index < -0.39 is 6.03 Å². The number of nitrogens with one attached hydrogen (secondary N) is 2. The third-order valence-electron chi connectivity index (χ3n) is 4.28. The van der Waals surface area contributed by atoms with Gasteiger partial charge in [-0.15, -0.1) is 11.3 Å². The number of carbonyl (C=O) groups excluding carboxylic acids is 2. The third kappa shape index (κ3) is 5.17. The average Bonchev–Trinajstić information content (AvgIpc) is 3.01. The number of nitrogens with zero attached hydrogens (tertiary/aromatic N) is 1. The fourth-order valence-electron chi connectivity index (χ4n) is 2.67. The molecule has 0 saturated heterocycles. The van der Waals surface area contributed by atoms with Gasteiger partial charge in [-0.05, 0) is 37.1 Å². The maximum absolute atomic E-state index is 12.5. The van der Waals surface area contributed by atoms with Crippen molar-refractivity contribution in [1.82, 2.24) is 10.3 Å². The van der Waals surface area contributed by atoms with Crippen molar-refractivity contribution in [3.05, 3.63) is 81.4 Å². The highest BCUT2D eigenvalue weighted by molar-refractivity contribution is 7.15. The van der Waals surface area contributed by atoms with Crippen LogP contribution in [-0.4, -0.2) is 16.9 Å². The Morgan fingerprint density at radius 1 is 1.00 bits per heavy atom. The summed E-state index contributed by atoms with van der Waals surface area (Å²) in [6.07, 6.45) is 0.793. The molecule has 0 fully saturated rings. The maximum atomic E-state index is 12.5. The minimum atomic E-state index is -0.581. The van der Waals surface area contributed by atoms with Crippen molar-refractivity contribution >= 4 is 28.4 Å². The molecule has 0 aliphatic rings. The predicted octanol–water partition coefficient (Wildman–Crippen LogP) is 3.77. The average molecular weight is 395 g/mol. The van der Waals surface area contributed by atoms with Crippen LogP contribution in [0.2, 0.25) is 0 Å². The number of carbonyl (C=O) groups is 2. The van der Waals surface area contributed by atoms with E-state index in [0.29, 0.717) is 17.2 Å². The van der Waals surface area contributed by atoms with Crippen molar-refractivity contribution in [3.8, 4) is 0 Å². The van der Waals surface area contributed by atoms with E-state index in [-0.39, 0.29) is 5.91 Å². The smallest absolute Gasteiger partial charge is 0.312 e. The van der Waals surface area contributed by atoms with E-state index in [1.54, 1.807) is 24.3 Å². The monoisotopic (exact) mass is 394 g/mol. The van der Waals surface area contributed by atoms with Crippen LogP contribution < -0.4 is 16.4 Å². The number of nitrogens with two attached hydrogens (primary N) is 1. The molecule has 0 unspecified atom stereocenters. The first kappa shape index (κ1) is 19.6. The van der Waals surface area contributed by atoms with Crippen molar-refractivity contribution < 1.29 is 9.59 Å². The zero-order valence-corrected chi connectivity index (χ0v) is 16.6. The molecule has 6 nitrogen and oxygen atoms in total. The Bertz CT molecular complexity index is 979. The van der Waals surface area contributed by atoms with E-state index in [0.717, 1.165) is 22.6 Å². The lowest BCUT2D eigenvalue weighted by molar-refractivity contribution is 0.102. The van der Waals surface area contributed by atoms with Crippen molar-refractivity contribution in [2.45, 2.75) is 26.8 Å². The Kier molecular flexibility index (Phi) is 6.06. The minimum Gasteiger partial charge on any atom is -0.352 e. The second-order valence-electron chi connectivity index (χ2n) is 6.56. The Hall–Kier alpha value is -3.19. The summed E-state index contributed by atoms with van der Waals surface area (Å²) in [5.41, 5.74) is 9.81. The highest BCUT2D eigenvalue weighted by Gasteiger charge is 2.12. The molecule has 0 spiro atoms. The van der Waals surface area contributed by atoms with Crippen LogP contribution in [0.5, 0.6) is 0 Å². The fourth-order valence-corrected chi connectivity index (χ4v) is 3.66. The number of aromatic nitrogens is 1. The molecule has 2 aromatic carbocycles. The number of hydrogen-bond donors (Lipinski definition) is 3. The molecule has 1 heterocycles. The second kappa shape index (κ2) is 8.67. The summed E-state index contributed by atoms with van der Waals surface area (Å²) in [7, 11) is 0. The number of primary amides is 1. The van der Waals surface area contributed by atoms with Gasteiger partial charge < -0.3 is 11.1 Å². The number of hydrogen-bond acceptors (Lipinski definition) is 4. The molecule has 1 aromatic heterocycles. The summed E-state index contributed by atoms with van der Waals surface area (Å²) < 4.78 is 0. The van der Waals surface area contributed by atoms with E-state index in [2.05, 4.69) is 46.8 Å². The number of benzene rings is 2. The maximum Gasteiger partial charge on any atom is 0.312 e. The van der Waals surface area contributed by atoms with Crippen LogP contribution in [0.25, 0.3) is 0 Å². The molecular formula is C21H22N4O2S. The van der Waals surface area contributed by atoms with E-state index in [4.69, 9.17) is 5.73 Å². The van der Waals surface area contributed by atoms with Gasteiger partial charge in [0.25, 0.3) is 5.91 Å². The highest BCUT2D eigenvalue weighted by atomic mass is 32.1. The highest BCUT2D eigenvalue weighted by Crippen LogP contribution is 2.26. The van der Waals surface area contributed by atoms with E-state index >= 15 is 0 Å². The van der Waals surface area contributed by atoms with E-state index in [1.807, 2.05) is 6.92 Å². The zero-order chi connectivity index (χ0) is 20.1. The molecule has 3 aromatic rings. The standard InChI is InChI=1S/C21H22N4O2S/c1-13-3-5-15(6-4-13)11-18-14(2)24-21(28-18)25-19(26)17-9-7-16(8-10-17)12-23-20(22)27/h3-10H,11-12H2,1-2H3,(H3,22,23,27)(H,24,25,26). The van der Waals surface area contributed by atoms with Gasteiger partial charge in [0.15, 0.2) is 5.13 Å². The first-order chi connectivity index (χ1) is 13.4. The Balaban J connectivity index is 1.64. The van der Waals surface area contributed by atoms with Gasteiger partial charge in [0, 0.05) is 23.4 Å². The van der Waals surface area contributed by atoms with Crippen LogP contribution in [0, 0.1) is 13.8 Å². The zero-order valence-electron chi connectivity index (χ0n) is 15.8. The molecule has 4 N–H and O–H groups in total. The van der Waals surface area contributed by atoms with Gasteiger partial charge in [-0.25, -0.2) is 9.78 Å². The van der Waals surface area contributed by atoms with Gasteiger partial charge in [0.05, 0.1) is 5.69 Å². The van der Waals surface area contributed by atoms with Crippen LogP contribution >= 0.6 is 11.3 Å². The quantitative estimate of drug-likeness (QED) is 0.594. The number of rotatable bonds is 6.